The van der Waals surface area contributed by atoms with Gasteiger partial charge in [-0.15, -0.1) is 10.2 Å². The van der Waals surface area contributed by atoms with Crippen molar-refractivity contribution in [3.05, 3.63) is 54.1 Å². The first kappa shape index (κ1) is 11.3. The Bertz CT molecular complexity index is 931. The van der Waals surface area contributed by atoms with Crippen molar-refractivity contribution in [2.75, 3.05) is 0 Å². The normalized spacial score (nSPS) is 11.2. The minimum absolute atomic E-state index is 0.402. The first-order chi connectivity index (χ1) is 9.81. The van der Waals surface area contributed by atoms with Crippen LogP contribution in [0.3, 0.4) is 0 Å². The van der Waals surface area contributed by atoms with E-state index in [9.17, 15) is 0 Å². The fraction of sp³-hybridized carbons (Fsp3) is 0. The summed E-state index contributed by atoms with van der Waals surface area (Å²) in [6.45, 7) is 0. The van der Waals surface area contributed by atoms with Gasteiger partial charge in [0.15, 0.2) is 11.5 Å². The third-order valence-electron chi connectivity index (χ3n) is 3.13. The lowest BCUT2D eigenvalue weighted by atomic mass is 10.1. The maximum atomic E-state index is 5.85. The molecule has 5 nitrogen and oxygen atoms in total. The second kappa shape index (κ2) is 4.25. The van der Waals surface area contributed by atoms with Crippen LogP contribution in [0.5, 0.6) is 0 Å². The third-order valence-corrected chi connectivity index (χ3v) is 3.33. The smallest absolute Gasteiger partial charge is 0.169 e. The van der Waals surface area contributed by atoms with Crippen LogP contribution >= 0.6 is 11.6 Å². The molecular formula is C14H8ClN5. The van der Waals surface area contributed by atoms with Crippen molar-refractivity contribution >= 4 is 28.2 Å². The van der Waals surface area contributed by atoms with Crippen molar-refractivity contribution in [2.45, 2.75) is 0 Å². The molecule has 0 saturated carbocycles. The monoisotopic (exact) mass is 281 g/mol. The van der Waals surface area contributed by atoms with Crippen molar-refractivity contribution in [3.63, 3.8) is 0 Å². The van der Waals surface area contributed by atoms with Gasteiger partial charge in [-0.25, -0.2) is 4.98 Å². The molecule has 0 N–H and O–H groups in total. The fourth-order valence-electron chi connectivity index (χ4n) is 2.18. The SMILES string of the molecule is Clc1cc2nnc(-c3ccc4ncccc4c3)n2cn1. The molecule has 0 amide bonds. The number of fused-ring (bicyclic) bond motifs is 2. The molecule has 0 unspecified atom stereocenters. The lowest BCUT2D eigenvalue weighted by molar-refractivity contribution is 1.08. The summed E-state index contributed by atoms with van der Waals surface area (Å²) in [5, 5.41) is 9.78. The Morgan fingerprint density at radius 3 is 2.90 bits per heavy atom. The maximum absolute atomic E-state index is 5.85. The Hall–Kier alpha value is -2.53. The van der Waals surface area contributed by atoms with Gasteiger partial charge in [0.2, 0.25) is 0 Å². The standard InChI is InChI=1S/C14H8ClN5/c15-12-7-13-18-19-14(20(13)8-17-12)10-3-4-11-9(6-10)2-1-5-16-11/h1-8H. The molecule has 0 saturated heterocycles. The molecule has 0 aliphatic rings. The fourth-order valence-corrected chi connectivity index (χ4v) is 2.33. The number of benzene rings is 1. The van der Waals surface area contributed by atoms with E-state index in [0.717, 1.165) is 22.3 Å². The van der Waals surface area contributed by atoms with Gasteiger partial charge in [0.1, 0.15) is 11.5 Å². The van der Waals surface area contributed by atoms with Gasteiger partial charge in [-0.3, -0.25) is 9.38 Å². The molecule has 0 spiro atoms. The molecule has 6 heteroatoms. The van der Waals surface area contributed by atoms with Crippen LogP contribution in [0, 0.1) is 0 Å². The van der Waals surface area contributed by atoms with E-state index in [2.05, 4.69) is 20.2 Å². The summed E-state index contributed by atoms with van der Waals surface area (Å²) in [5.41, 5.74) is 2.58. The Labute approximate surface area is 118 Å². The van der Waals surface area contributed by atoms with Gasteiger partial charge >= 0.3 is 0 Å². The molecule has 0 aliphatic carbocycles. The van der Waals surface area contributed by atoms with E-state index < -0.39 is 0 Å². The van der Waals surface area contributed by atoms with E-state index in [1.807, 2.05) is 34.7 Å². The highest BCUT2D eigenvalue weighted by molar-refractivity contribution is 6.29. The summed E-state index contributed by atoms with van der Waals surface area (Å²) in [6.07, 6.45) is 3.40. The average Bonchev–Trinajstić information content (AvgIpc) is 2.89. The third kappa shape index (κ3) is 1.71. The minimum Gasteiger partial charge on any atom is -0.265 e. The Morgan fingerprint density at radius 2 is 1.95 bits per heavy atom. The van der Waals surface area contributed by atoms with Crippen molar-refractivity contribution < 1.29 is 0 Å². The molecule has 0 radical (unpaired) electrons. The summed E-state index contributed by atoms with van der Waals surface area (Å²) in [4.78, 5) is 8.37. The van der Waals surface area contributed by atoms with Gasteiger partial charge in [0.05, 0.1) is 5.52 Å². The topological polar surface area (TPSA) is 56.0 Å². The van der Waals surface area contributed by atoms with Gasteiger partial charge in [0.25, 0.3) is 0 Å². The molecule has 20 heavy (non-hydrogen) atoms. The number of aromatic nitrogens is 5. The average molecular weight is 282 g/mol. The summed E-state index contributed by atoms with van der Waals surface area (Å²) >= 11 is 5.85. The van der Waals surface area contributed by atoms with Crippen molar-refractivity contribution in [2.24, 2.45) is 0 Å². The van der Waals surface area contributed by atoms with Crippen LogP contribution in [-0.2, 0) is 0 Å². The molecule has 96 valence electrons. The Kier molecular flexibility index (Phi) is 2.40. The molecule has 0 aliphatic heterocycles. The second-order valence-electron chi connectivity index (χ2n) is 4.37. The Morgan fingerprint density at radius 1 is 1.00 bits per heavy atom. The molecule has 0 atom stereocenters. The van der Waals surface area contributed by atoms with Crippen molar-refractivity contribution in [1.29, 1.82) is 0 Å². The minimum atomic E-state index is 0.402. The molecule has 4 rings (SSSR count). The highest BCUT2D eigenvalue weighted by Crippen LogP contribution is 2.22. The molecular weight excluding hydrogens is 274 g/mol. The van der Waals surface area contributed by atoms with Crippen molar-refractivity contribution in [1.82, 2.24) is 24.6 Å². The van der Waals surface area contributed by atoms with Crippen LogP contribution < -0.4 is 0 Å². The van der Waals surface area contributed by atoms with Gasteiger partial charge in [-0.1, -0.05) is 17.7 Å². The molecule has 0 bridgehead atoms. The van der Waals surface area contributed by atoms with Crippen LogP contribution in [0.15, 0.2) is 48.9 Å². The van der Waals surface area contributed by atoms with E-state index in [4.69, 9.17) is 11.6 Å². The van der Waals surface area contributed by atoms with Crippen LogP contribution in [0.1, 0.15) is 0 Å². The molecule has 4 aromatic rings. The Balaban J connectivity index is 1.96. The largest absolute Gasteiger partial charge is 0.265 e. The number of hydrogen-bond acceptors (Lipinski definition) is 4. The second-order valence-corrected chi connectivity index (χ2v) is 4.76. The lowest BCUT2D eigenvalue weighted by Gasteiger charge is -2.02. The summed E-state index contributed by atoms with van der Waals surface area (Å²) in [5.74, 6) is 0.731. The predicted octanol–water partition coefficient (Wildman–Crippen LogP) is 2.99. The van der Waals surface area contributed by atoms with Gasteiger partial charge in [-0.05, 0) is 24.3 Å². The lowest BCUT2D eigenvalue weighted by Crippen LogP contribution is -1.91. The summed E-state index contributed by atoms with van der Waals surface area (Å²) in [6, 6.07) is 11.6. The number of halogens is 1. The van der Waals surface area contributed by atoms with Gasteiger partial charge < -0.3 is 0 Å². The highest BCUT2D eigenvalue weighted by atomic mass is 35.5. The van der Waals surface area contributed by atoms with E-state index in [1.54, 1.807) is 18.6 Å². The zero-order valence-corrected chi connectivity index (χ0v) is 11.0. The van der Waals surface area contributed by atoms with E-state index >= 15 is 0 Å². The van der Waals surface area contributed by atoms with E-state index in [0.29, 0.717) is 10.8 Å². The van der Waals surface area contributed by atoms with Gasteiger partial charge in [0, 0.05) is 23.2 Å². The molecule has 3 aromatic heterocycles. The maximum Gasteiger partial charge on any atom is 0.169 e. The number of pyridine rings is 1. The van der Waals surface area contributed by atoms with Crippen LogP contribution in [0.2, 0.25) is 5.15 Å². The molecule has 1 aromatic carbocycles. The zero-order chi connectivity index (χ0) is 13.5. The number of hydrogen-bond donors (Lipinski definition) is 0. The highest BCUT2D eigenvalue weighted by Gasteiger charge is 2.09. The van der Waals surface area contributed by atoms with E-state index in [-0.39, 0.29) is 0 Å². The number of rotatable bonds is 1. The first-order valence-corrected chi connectivity index (χ1v) is 6.40. The van der Waals surface area contributed by atoms with Crippen molar-refractivity contribution in [3.8, 4) is 11.4 Å². The van der Waals surface area contributed by atoms with Crippen LogP contribution in [0.4, 0.5) is 0 Å². The number of nitrogens with zero attached hydrogens (tertiary/aromatic N) is 5. The molecule has 3 heterocycles. The summed E-state index contributed by atoms with van der Waals surface area (Å²) in [7, 11) is 0. The summed E-state index contributed by atoms with van der Waals surface area (Å²) < 4.78 is 1.81. The van der Waals surface area contributed by atoms with Crippen LogP contribution in [-0.4, -0.2) is 24.6 Å². The van der Waals surface area contributed by atoms with E-state index in [1.165, 1.54) is 0 Å². The van der Waals surface area contributed by atoms with Crippen LogP contribution in [0.25, 0.3) is 27.9 Å². The first-order valence-electron chi connectivity index (χ1n) is 6.03. The van der Waals surface area contributed by atoms with Gasteiger partial charge in [-0.2, -0.15) is 0 Å². The molecule has 0 fully saturated rings. The predicted molar refractivity (Wildman–Crippen MR) is 76.5 cm³/mol. The quantitative estimate of drug-likeness (QED) is 0.503. The zero-order valence-electron chi connectivity index (χ0n) is 10.2.